The van der Waals surface area contributed by atoms with Gasteiger partial charge in [0.25, 0.3) is 0 Å². The van der Waals surface area contributed by atoms with Gasteiger partial charge in [0.05, 0.1) is 22.9 Å². The highest BCUT2D eigenvalue weighted by atomic mass is 16.4. The maximum absolute atomic E-state index is 8.84. The van der Waals surface area contributed by atoms with Crippen LogP contribution in [0.2, 0.25) is 0 Å². The van der Waals surface area contributed by atoms with Gasteiger partial charge in [0.15, 0.2) is 0 Å². The van der Waals surface area contributed by atoms with Gasteiger partial charge in [-0.3, -0.25) is 0 Å². The topological polar surface area (TPSA) is 70.7 Å². The molecule has 2 aromatic carbocycles. The van der Waals surface area contributed by atoms with Crippen LogP contribution in [0.25, 0.3) is 21.9 Å². The fraction of sp³-hybridized carbons (Fsp3) is 0.0526. The Hall–Kier alpha value is -3.34. The molecule has 24 heavy (non-hydrogen) atoms. The highest BCUT2D eigenvalue weighted by Crippen LogP contribution is 2.31. The summed E-state index contributed by atoms with van der Waals surface area (Å²) in [7, 11) is 0. The molecular formula is C19H15N3O2. The quantitative estimate of drug-likeness (QED) is 0.319. The van der Waals surface area contributed by atoms with Crippen molar-refractivity contribution in [3.05, 3.63) is 66.4 Å². The number of pyridine rings is 1. The molecule has 118 valence electrons. The van der Waals surface area contributed by atoms with Gasteiger partial charge >= 0.3 is 0 Å². The Morgan fingerprint density at radius 2 is 1.83 bits per heavy atom. The number of fused-ring (bicyclic) bond motifs is 3. The third-order valence-corrected chi connectivity index (χ3v) is 4.02. The highest BCUT2D eigenvalue weighted by molar-refractivity contribution is 6.07. The summed E-state index contributed by atoms with van der Waals surface area (Å²) < 4.78 is 5.65. The Morgan fingerprint density at radius 1 is 1.04 bits per heavy atom. The van der Waals surface area contributed by atoms with Crippen LogP contribution in [0.4, 0.5) is 11.5 Å². The second kappa shape index (κ2) is 5.70. The van der Waals surface area contributed by atoms with Crippen molar-refractivity contribution in [2.75, 3.05) is 5.32 Å². The van der Waals surface area contributed by atoms with Crippen molar-refractivity contribution in [1.82, 2.24) is 4.98 Å². The van der Waals surface area contributed by atoms with Crippen molar-refractivity contribution >= 4 is 39.1 Å². The second-order valence-corrected chi connectivity index (χ2v) is 5.53. The van der Waals surface area contributed by atoms with E-state index in [4.69, 9.17) is 14.6 Å². The van der Waals surface area contributed by atoms with Crippen LogP contribution in [0.3, 0.4) is 0 Å². The van der Waals surface area contributed by atoms with Crippen LogP contribution in [0.15, 0.2) is 70.4 Å². The van der Waals surface area contributed by atoms with Gasteiger partial charge in [0.2, 0.25) is 0 Å². The molecule has 2 heterocycles. The van der Waals surface area contributed by atoms with Crippen LogP contribution in [0.1, 0.15) is 12.5 Å². The largest absolute Gasteiger partial charge is 0.463 e. The molecule has 4 aromatic rings. The number of para-hydroxylation sites is 1. The maximum atomic E-state index is 8.84. The molecule has 5 heteroatoms. The summed E-state index contributed by atoms with van der Waals surface area (Å²) in [6.45, 7) is 1.75. The Morgan fingerprint density at radius 3 is 2.62 bits per heavy atom. The summed E-state index contributed by atoms with van der Waals surface area (Å²) in [4.78, 5) is 4.71. The predicted octanol–water partition coefficient (Wildman–Crippen LogP) is 4.92. The van der Waals surface area contributed by atoms with E-state index in [0.29, 0.717) is 5.71 Å². The normalized spacial score (nSPS) is 12.0. The number of aromatic nitrogens is 1. The first-order valence-corrected chi connectivity index (χ1v) is 7.58. The van der Waals surface area contributed by atoms with Gasteiger partial charge in [-0.2, -0.15) is 0 Å². The van der Waals surface area contributed by atoms with Crippen LogP contribution < -0.4 is 5.32 Å². The van der Waals surface area contributed by atoms with Gasteiger partial charge in [-0.25, -0.2) is 4.98 Å². The Bertz CT molecular complexity index is 1050. The molecule has 0 amide bonds. The standard InChI is InChI=1S/C19H15N3O2/c1-12(22-23)13-6-8-14(9-7-13)20-19-16-10-11-24-18(16)15-4-2-3-5-17(15)21-19/h2-11,23H,1H3,(H,20,21)/b22-12+. The number of oxime groups is 1. The lowest BCUT2D eigenvalue weighted by Gasteiger charge is -2.09. The van der Waals surface area contributed by atoms with Crippen molar-refractivity contribution in [2.45, 2.75) is 6.92 Å². The van der Waals surface area contributed by atoms with E-state index >= 15 is 0 Å². The van der Waals surface area contributed by atoms with E-state index in [1.165, 1.54) is 0 Å². The third kappa shape index (κ3) is 2.36. The number of benzene rings is 2. The molecule has 0 atom stereocenters. The molecule has 0 fully saturated rings. The number of hydrogen-bond donors (Lipinski definition) is 2. The minimum absolute atomic E-state index is 0.572. The molecule has 0 saturated carbocycles. The molecule has 4 rings (SSSR count). The van der Waals surface area contributed by atoms with Crippen molar-refractivity contribution in [1.29, 1.82) is 0 Å². The summed E-state index contributed by atoms with van der Waals surface area (Å²) >= 11 is 0. The van der Waals surface area contributed by atoms with Gasteiger partial charge in [0.1, 0.15) is 11.4 Å². The SMILES string of the molecule is C/C(=N\O)c1ccc(Nc2nc3ccccc3c3occc23)cc1. The van der Waals surface area contributed by atoms with E-state index in [1.54, 1.807) is 13.2 Å². The van der Waals surface area contributed by atoms with Crippen LogP contribution >= 0.6 is 0 Å². The predicted molar refractivity (Wildman–Crippen MR) is 95.2 cm³/mol. The molecule has 0 aliphatic rings. The monoisotopic (exact) mass is 317 g/mol. The van der Waals surface area contributed by atoms with Gasteiger partial charge in [-0.1, -0.05) is 29.4 Å². The first-order valence-electron chi connectivity index (χ1n) is 7.58. The number of anilines is 2. The van der Waals surface area contributed by atoms with E-state index in [2.05, 4.69) is 10.5 Å². The molecule has 2 aromatic heterocycles. The zero-order valence-corrected chi connectivity index (χ0v) is 13.0. The van der Waals surface area contributed by atoms with Crippen molar-refractivity contribution in [3.63, 3.8) is 0 Å². The molecule has 0 radical (unpaired) electrons. The van der Waals surface area contributed by atoms with Crippen LogP contribution in [0, 0.1) is 0 Å². The van der Waals surface area contributed by atoms with Crippen LogP contribution in [-0.2, 0) is 0 Å². The second-order valence-electron chi connectivity index (χ2n) is 5.53. The molecule has 0 aliphatic heterocycles. The summed E-state index contributed by atoms with van der Waals surface area (Å²) in [6.07, 6.45) is 1.67. The first-order chi connectivity index (χ1) is 11.8. The Labute approximate surface area is 138 Å². The lowest BCUT2D eigenvalue weighted by molar-refractivity contribution is 0.319. The molecular weight excluding hydrogens is 302 g/mol. The number of rotatable bonds is 3. The summed E-state index contributed by atoms with van der Waals surface area (Å²) in [5.74, 6) is 0.748. The van der Waals surface area contributed by atoms with E-state index in [9.17, 15) is 0 Å². The highest BCUT2D eigenvalue weighted by Gasteiger charge is 2.11. The summed E-state index contributed by atoms with van der Waals surface area (Å²) in [5, 5.41) is 17.3. The van der Waals surface area contributed by atoms with Crippen LogP contribution in [-0.4, -0.2) is 15.9 Å². The van der Waals surface area contributed by atoms with E-state index in [1.807, 2.05) is 54.6 Å². The molecule has 0 bridgehead atoms. The Balaban J connectivity index is 1.77. The van der Waals surface area contributed by atoms with Crippen molar-refractivity contribution in [3.8, 4) is 0 Å². The van der Waals surface area contributed by atoms with Gasteiger partial charge < -0.3 is 14.9 Å². The van der Waals surface area contributed by atoms with Gasteiger partial charge in [-0.05, 0) is 42.8 Å². The third-order valence-electron chi connectivity index (χ3n) is 4.02. The zero-order chi connectivity index (χ0) is 16.5. The fourth-order valence-electron chi connectivity index (χ4n) is 2.73. The Kier molecular flexibility index (Phi) is 3.39. The fourth-order valence-corrected chi connectivity index (χ4v) is 2.73. The van der Waals surface area contributed by atoms with Gasteiger partial charge in [-0.15, -0.1) is 0 Å². The molecule has 0 unspecified atom stereocenters. The van der Waals surface area contributed by atoms with E-state index < -0.39 is 0 Å². The molecule has 0 saturated heterocycles. The van der Waals surface area contributed by atoms with Crippen molar-refractivity contribution in [2.24, 2.45) is 5.16 Å². The average molecular weight is 317 g/mol. The minimum atomic E-state index is 0.572. The number of nitrogens with one attached hydrogen (secondary N) is 1. The molecule has 2 N–H and O–H groups in total. The number of hydrogen-bond acceptors (Lipinski definition) is 5. The number of nitrogens with zero attached hydrogens (tertiary/aromatic N) is 2. The van der Waals surface area contributed by atoms with Gasteiger partial charge in [0, 0.05) is 11.1 Å². The average Bonchev–Trinajstić information content (AvgIpc) is 3.12. The smallest absolute Gasteiger partial charge is 0.146 e. The van der Waals surface area contributed by atoms with E-state index in [0.717, 1.165) is 38.9 Å². The molecule has 0 spiro atoms. The minimum Gasteiger partial charge on any atom is -0.463 e. The summed E-state index contributed by atoms with van der Waals surface area (Å²) in [5.41, 5.74) is 4.03. The lowest BCUT2D eigenvalue weighted by atomic mass is 10.1. The molecule has 5 nitrogen and oxygen atoms in total. The first kappa shape index (κ1) is 14.3. The summed E-state index contributed by atoms with van der Waals surface area (Å²) in [6, 6.07) is 17.4. The van der Waals surface area contributed by atoms with E-state index in [-0.39, 0.29) is 0 Å². The zero-order valence-electron chi connectivity index (χ0n) is 13.0. The lowest BCUT2D eigenvalue weighted by Crippen LogP contribution is -1.97. The van der Waals surface area contributed by atoms with Crippen molar-refractivity contribution < 1.29 is 9.62 Å². The maximum Gasteiger partial charge on any atom is 0.146 e. The molecule has 0 aliphatic carbocycles. The van der Waals surface area contributed by atoms with Crippen LogP contribution in [0.5, 0.6) is 0 Å². The number of furan rings is 1.